The number of hydrogen-bond donors (Lipinski definition) is 1. The molecule has 3 heteroatoms. The van der Waals surface area contributed by atoms with Gasteiger partial charge in [0.25, 0.3) is 0 Å². The Morgan fingerprint density at radius 1 is 1.56 bits per heavy atom. The van der Waals surface area contributed by atoms with Crippen molar-refractivity contribution in [3.8, 4) is 0 Å². The van der Waals surface area contributed by atoms with Gasteiger partial charge < -0.3 is 5.32 Å². The number of nitrogens with zero attached hydrogens (tertiary/aromatic N) is 1. The third-order valence-corrected chi connectivity index (χ3v) is 1.73. The summed E-state index contributed by atoms with van der Waals surface area (Å²) in [5.74, 6) is 0. The summed E-state index contributed by atoms with van der Waals surface area (Å²) in [6.07, 6.45) is 0. The van der Waals surface area contributed by atoms with Crippen molar-refractivity contribution in [3.63, 3.8) is 0 Å². The van der Waals surface area contributed by atoms with Crippen LogP contribution in [0.5, 0.6) is 0 Å². The molecule has 0 amide bonds. The van der Waals surface area contributed by atoms with Crippen molar-refractivity contribution in [2.24, 2.45) is 4.99 Å². The Labute approximate surface area is 60.2 Å². The summed E-state index contributed by atoms with van der Waals surface area (Å²) in [4.78, 5) is 4.28. The van der Waals surface area contributed by atoms with Crippen molar-refractivity contribution in [3.05, 3.63) is 0 Å². The van der Waals surface area contributed by atoms with E-state index in [1.54, 1.807) is 0 Å². The maximum absolute atomic E-state index is 4.28. The van der Waals surface area contributed by atoms with Gasteiger partial charge >= 0.3 is 0 Å². The normalized spacial score (nSPS) is 12.4. The second kappa shape index (κ2) is 5.97. The molecule has 0 rings (SSSR count). The molecule has 0 heterocycles. The van der Waals surface area contributed by atoms with Gasteiger partial charge in [-0.25, -0.2) is 0 Å². The number of nitrogens with one attached hydrogen (secondary N) is 1. The molecule has 0 spiro atoms. The first kappa shape index (κ1) is 8.85. The van der Waals surface area contributed by atoms with E-state index in [0.717, 1.165) is 29.9 Å². The molecule has 54 valence electrons. The Hall–Kier alpha value is -0.153. The molecule has 0 aromatic heterocycles. The second-order valence-electron chi connectivity index (χ2n) is 1.99. The van der Waals surface area contributed by atoms with E-state index in [-0.39, 0.29) is 0 Å². The van der Waals surface area contributed by atoms with Crippen molar-refractivity contribution in [2.75, 3.05) is 19.6 Å². The van der Waals surface area contributed by atoms with Gasteiger partial charge in [0.1, 0.15) is 0 Å². The first-order valence-electron chi connectivity index (χ1n) is 3.51. The van der Waals surface area contributed by atoms with Crippen LogP contribution in [-0.2, 0) is 0 Å². The summed E-state index contributed by atoms with van der Waals surface area (Å²) in [6.45, 7) is 7.16. The Morgan fingerprint density at radius 3 is 2.67 bits per heavy atom. The van der Waals surface area contributed by atoms with Crippen LogP contribution in [0.1, 0.15) is 13.8 Å². The minimum absolute atomic E-state index is 0.935. The molecular formula is C6H16N2Si. The van der Waals surface area contributed by atoms with Crippen LogP contribution in [0.4, 0.5) is 0 Å². The molecule has 0 radical (unpaired) electrons. The Bertz CT molecular complexity index is 91.1. The zero-order valence-electron chi connectivity index (χ0n) is 6.57. The predicted molar refractivity (Wildman–Crippen MR) is 46.5 cm³/mol. The van der Waals surface area contributed by atoms with Gasteiger partial charge in [-0.15, -0.1) is 0 Å². The minimum Gasteiger partial charge on any atom is -0.312 e. The average molecular weight is 144 g/mol. The lowest BCUT2D eigenvalue weighted by molar-refractivity contribution is 0.819. The Balaban J connectivity index is 3.25. The van der Waals surface area contributed by atoms with Gasteiger partial charge in [0.2, 0.25) is 0 Å². The van der Waals surface area contributed by atoms with E-state index in [9.17, 15) is 0 Å². The van der Waals surface area contributed by atoms with Crippen molar-refractivity contribution in [1.82, 2.24) is 5.32 Å². The summed E-state index contributed by atoms with van der Waals surface area (Å²) in [5.41, 5.74) is 0. The molecular weight excluding hydrogens is 128 g/mol. The van der Waals surface area contributed by atoms with Gasteiger partial charge in [-0.3, -0.25) is 4.99 Å². The number of rotatable bonds is 4. The van der Waals surface area contributed by atoms with E-state index in [1.807, 2.05) is 0 Å². The SMILES string of the molecule is CCN=C([SiH3])CNCC. The number of hydrogen-bond acceptors (Lipinski definition) is 2. The highest BCUT2D eigenvalue weighted by Gasteiger charge is 1.85. The smallest absolute Gasteiger partial charge is 0.0580 e. The molecule has 0 aromatic rings. The summed E-state index contributed by atoms with van der Waals surface area (Å²) in [7, 11) is 1.10. The zero-order valence-corrected chi connectivity index (χ0v) is 8.57. The largest absolute Gasteiger partial charge is 0.312 e. The molecule has 1 N–H and O–H groups in total. The molecule has 0 saturated heterocycles. The predicted octanol–water partition coefficient (Wildman–Crippen LogP) is -0.620. The minimum atomic E-state index is 0.935. The van der Waals surface area contributed by atoms with E-state index >= 15 is 0 Å². The van der Waals surface area contributed by atoms with Crippen LogP contribution < -0.4 is 5.32 Å². The van der Waals surface area contributed by atoms with Gasteiger partial charge in [-0.1, -0.05) is 6.92 Å². The van der Waals surface area contributed by atoms with Gasteiger partial charge in [-0.2, -0.15) is 0 Å². The van der Waals surface area contributed by atoms with Crippen LogP contribution in [0.15, 0.2) is 4.99 Å². The van der Waals surface area contributed by atoms with Crippen LogP contribution in [0.25, 0.3) is 0 Å². The summed E-state index contributed by atoms with van der Waals surface area (Å²) >= 11 is 0. The van der Waals surface area contributed by atoms with Crippen molar-refractivity contribution < 1.29 is 0 Å². The third-order valence-electron chi connectivity index (χ3n) is 1.06. The van der Waals surface area contributed by atoms with Gasteiger partial charge in [0, 0.05) is 13.1 Å². The van der Waals surface area contributed by atoms with Crippen LogP contribution in [0.2, 0.25) is 0 Å². The van der Waals surface area contributed by atoms with E-state index < -0.39 is 0 Å². The maximum Gasteiger partial charge on any atom is 0.0580 e. The molecule has 0 fully saturated rings. The van der Waals surface area contributed by atoms with Gasteiger partial charge in [0.05, 0.1) is 10.2 Å². The molecule has 0 aliphatic carbocycles. The van der Waals surface area contributed by atoms with Crippen molar-refractivity contribution >= 4 is 15.6 Å². The molecule has 0 aromatic carbocycles. The van der Waals surface area contributed by atoms with E-state index in [1.165, 1.54) is 5.33 Å². The van der Waals surface area contributed by atoms with E-state index in [2.05, 4.69) is 24.2 Å². The molecule has 9 heavy (non-hydrogen) atoms. The fourth-order valence-corrected chi connectivity index (χ4v) is 1.20. The number of aliphatic imine (C=N–C) groups is 1. The lowest BCUT2D eigenvalue weighted by atomic mass is 10.6. The maximum atomic E-state index is 4.28. The Kier molecular flexibility index (Phi) is 5.87. The molecule has 0 aliphatic heterocycles. The fraction of sp³-hybridized carbons (Fsp3) is 0.833. The van der Waals surface area contributed by atoms with Gasteiger partial charge in [-0.05, 0) is 18.8 Å². The third kappa shape index (κ3) is 5.72. The average Bonchev–Trinajstić information content (AvgIpc) is 1.85. The van der Waals surface area contributed by atoms with E-state index in [0.29, 0.717) is 0 Å². The van der Waals surface area contributed by atoms with Crippen LogP contribution in [-0.4, -0.2) is 35.2 Å². The highest BCUT2D eigenvalue weighted by molar-refractivity contribution is 6.60. The monoisotopic (exact) mass is 144 g/mol. The quantitative estimate of drug-likeness (QED) is 0.413. The van der Waals surface area contributed by atoms with Crippen LogP contribution >= 0.6 is 0 Å². The topological polar surface area (TPSA) is 24.4 Å². The van der Waals surface area contributed by atoms with Crippen molar-refractivity contribution in [2.45, 2.75) is 13.8 Å². The van der Waals surface area contributed by atoms with Crippen LogP contribution in [0, 0.1) is 0 Å². The summed E-state index contributed by atoms with van der Waals surface area (Å²) < 4.78 is 0. The molecule has 2 nitrogen and oxygen atoms in total. The summed E-state index contributed by atoms with van der Waals surface area (Å²) in [6, 6.07) is 0. The standard InChI is InChI=1S/C6H16N2Si/c1-3-7-5-6(9)8-4-2/h7H,3-5H2,1-2,9H3. The first-order valence-corrected chi connectivity index (χ1v) is 4.51. The van der Waals surface area contributed by atoms with Gasteiger partial charge in [0.15, 0.2) is 0 Å². The van der Waals surface area contributed by atoms with Crippen molar-refractivity contribution in [1.29, 1.82) is 0 Å². The van der Waals surface area contributed by atoms with E-state index in [4.69, 9.17) is 0 Å². The lowest BCUT2D eigenvalue weighted by Crippen LogP contribution is -2.22. The molecule has 0 bridgehead atoms. The lowest BCUT2D eigenvalue weighted by Gasteiger charge is -1.98. The molecule has 0 unspecified atom stereocenters. The fourth-order valence-electron chi connectivity index (χ4n) is 0.632. The first-order chi connectivity index (χ1) is 4.31. The highest BCUT2D eigenvalue weighted by Crippen LogP contribution is 1.70. The second-order valence-corrected chi connectivity index (χ2v) is 3.14. The van der Waals surface area contributed by atoms with Crippen LogP contribution in [0.3, 0.4) is 0 Å². The highest BCUT2D eigenvalue weighted by atomic mass is 28.1. The molecule has 0 atom stereocenters. The zero-order chi connectivity index (χ0) is 7.11. The Morgan fingerprint density at radius 2 is 2.22 bits per heavy atom. The molecule has 0 saturated carbocycles. The molecule has 0 aliphatic rings. The summed E-state index contributed by atoms with van der Waals surface area (Å²) in [5, 5.41) is 4.57.